The number of carbonyl (C=O) groups excluding carboxylic acids is 2. The summed E-state index contributed by atoms with van der Waals surface area (Å²) >= 11 is 0. The van der Waals surface area contributed by atoms with Crippen molar-refractivity contribution in [1.29, 1.82) is 0 Å². The van der Waals surface area contributed by atoms with Crippen molar-refractivity contribution in [2.24, 2.45) is 5.92 Å². The van der Waals surface area contributed by atoms with Gasteiger partial charge in [0.15, 0.2) is 0 Å². The molecular formula is C17H25N3O5S. The van der Waals surface area contributed by atoms with Crippen LogP contribution in [-0.4, -0.2) is 58.0 Å². The van der Waals surface area contributed by atoms with Crippen molar-refractivity contribution in [3.05, 3.63) is 24.3 Å². The van der Waals surface area contributed by atoms with Crippen molar-refractivity contribution in [2.45, 2.75) is 31.2 Å². The van der Waals surface area contributed by atoms with Crippen LogP contribution in [0.25, 0.3) is 0 Å². The van der Waals surface area contributed by atoms with E-state index in [1.165, 1.54) is 24.3 Å². The summed E-state index contributed by atoms with van der Waals surface area (Å²) in [5.74, 6) is -0.762. The molecule has 1 heterocycles. The number of hydrogen-bond acceptors (Lipinski definition) is 5. The van der Waals surface area contributed by atoms with Crippen LogP contribution in [0, 0.1) is 5.92 Å². The van der Waals surface area contributed by atoms with Crippen LogP contribution in [0.15, 0.2) is 29.2 Å². The zero-order valence-electron chi connectivity index (χ0n) is 15.2. The zero-order valence-corrected chi connectivity index (χ0v) is 16.0. The number of carbonyl (C=O) groups is 2. The van der Waals surface area contributed by atoms with Crippen molar-refractivity contribution in [2.75, 3.05) is 32.1 Å². The first kappa shape index (κ1) is 20.3. The molecule has 1 fully saturated rings. The van der Waals surface area contributed by atoms with E-state index in [-0.39, 0.29) is 29.2 Å². The van der Waals surface area contributed by atoms with E-state index in [0.29, 0.717) is 25.4 Å². The lowest BCUT2D eigenvalue weighted by Crippen LogP contribution is -2.38. The average Bonchev–Trinajstić information content (AvgIpc) is 2.97. The van der Waals surface area contributed by atoms with Gasteiger partial charge in [-0.15, -0.1) is 0 Å². The number of rotatable bonds is 8. The highest BCUT2D eigenvalue weighted by Crippen LogP contribution is 2.22. The van der Waals surface area contributed by atoms with Gasteiger partial charge in [-0.2, -0.15) is 0 Å². The third kappa shape index (κ3) is 4.80. The van der Waals surface area contributed by atoms with E-state index >= 15 is 0 Å². The molecule has 2 rings (SSSR count). The van der Waals surface area contributed by atoms with Crippen LogP contribution in [0.1, 0.15) is 20.3 Å². The van der Waals surface area contributed by atoms with Crippen LogP contribution in [-0.2, 0) is 24.3 Å². The minimum Gasteiger partial charge on any atom is -0.383 e. The van der Waals surface area contributed by atoms with Crippen molar-refractivity contribution >= 4 is 27.5 Å². The Kier molecular flexibility index (Phi) is 6.74. The molecule has 0 aliphatic carbocycles. The number of ether oxygens (including phenoxy) is 1. The Morgan fingerprint density at radius 3 is 2.58 bits per heavy atom. The fourth-order valence-corrected chi connectivity index (χ4v) is 3.94. The van der Waals surface area contributed by atoms with Crippen LogP contribution in [0.5, 0.6) is 0 Å². The number of hydrogen-bond donors (Lipinski definition) is 2. The van der Waals surface area contributed by atoms with Gasteiger partial charge in [0.2, 0.25) is 21.8 Å². The van der Waals surface area contributed by atoms with Gasteiger partial charge in [-0.1, -0.05) is 6.92 Å². The van der Waals surface area contributed by atoms with Crippen LogP contribution < -0.4 is 10.0 Å². The van der Waals surface area contributed by atoms with Gasteiger partial charge in [0, 0.05) is 32.3 Å². The Hall–Kier alpha value is -1.97. The molecule has 1 aliphatic heterocycles. The van der Waals surface area contributed by atoms with Crippen molar-refractivity contribution in [3.63, 3.8) is 0 Å². The number of sulfonamides is 1. The van der Waals surface area contributed by atoms with Gasteiger partial charge in [0.1, 0.15) is 0 Å². The van der Waals surface area contributed by atoms with Crippen LogP contribution in [0.2, 0.25) is 0 Å². The molecular weight excluding hydrogens is 358 g/mol. The Morgan fingerprint density at radius 1 is 1.35 bits per heavy atom. The summed E-state index contributed by atoms with van der Waals surface area (Å²) in [6.45, 7) is 4.65. The zero-order chi connectivity index (χ0) is 19.3. The highest BCUT2D eigenvalue weighted by molar-refractivity contribution is 7.89. The maximum absolute atomic E-state index is 12.4. The Bertz CT molecular complexity index is 748. The molecule has 2 amide bonds. The van der Waals surface area contributed by atoms with Crippen molar-refractivity contribution in [1.82, 2.24) is 9.62 Å². The van der Waals surface area contributed by atoms with Gasteiger partial charge in [-0.3, -0.25) is 9.59 Å². The largest absolute Gasteiger partial charge is 0.383 e. The third-order valence-electron chi connectivity index (χ3n) is 4.24. The maximum Gasteiger partial charge on any atom is 0.240 e. The summed E-state index contributed by atoms with van der Waals surface area (Å²) in [5.41, 5.74) is 0.487. The molecule has 0 unspecified atom stereocenters. The third-order valence-corrected chi connectivity index (χ3v) is 5.80. The molecule has 0 aromatic heterocycles. The number of methoxy groups -OCH3 is 1. The molecule has 144 valence electrons. The van der Waals surface area contributed by atoms with Crippen molar-refractivity contribution in [3.8, 4) is 0 Å². The monoisotopic (exact) mass is 383 g/mol. The first-order valence-electron chi connectivity index (χ1n) is 8.47. The lowest BCUT2D eigenvalue weighted by molar-refractivity contribution is -0.130. The first-order valence-corrected chi connectivity index (χ1v) is 9.95. The summed E-state index contributed by atoms with van der Waals surface area (Å²) in [4.78, 5) is 26.3. The minimum absolute atomic E-state index is 0.0678. The normalized spacial score (nSPS) is 18.8. The number of likely N-dealkylation sites (tertiary alicyclic amines) is 1. The van der Waals surface area contributed by atoms with Gasteiger partial charge >= 0.3 is 0 Å². The molecule has 1 aliphatic rings. The minimum atomic E-state index is -3.53. The standard InChI is InChI=1S/C17H25N3O5S/c1-4-18-26(23,24)15-7-5-14(6-8-15)19-17(22)13-9-16(21)20(10-13)12(2)11-25-3/h5-8,12-13,18H,4,9-11H2,1-3H3,(H,19,22)/t12-,13+/m0/s1. The highest BCUT2D eigenvalue weighted by atomic mass is 32.2. The Morgan fingerprint density at radius 2 is 2.00 bits per heavy atom. The smallest absolute Gasteiger partial charge is 0.240 e. The number of amides is 2. The van der Waals surface area contributed by atoms with Gasteiger partial charge in [0.05, 0.1) is 23.5 Å². The van der Waals surface area contributed by atoms with Crippen molar-refractivity contribution < 1.29 is 22.7 Å². The molecule has 0 bridgehead atoms. The van der Waals surface area contributed by atoms with Crippen LogP contribution in [0.3, 0.4) is 0 Å². The van der Waals surface area contributed by atoms with Gasteiger partial charge < -0.3 is 15.0 Å². The fraction of sp³-hybridized carbons (Fsp3) is 0.529. The molecule has 0 spiro atoms. The summed E-state index contributed by atoms with van der Waals surface area (Å²) < 4.78 is 31.3. The molecule has 26 heavy (non-hydrogen) atoms. The van der Waals surface area contributed by atoms with E-state index in [2.05, 4.69) is 10.0 Å². The molecule has 2 N–H and O–H groups in total. The van der Waals surface area contributed by atoms with E-state index in [0.717, 1.165) is 0 Å². The van der Waals surface area contributed by atoms with Gasteiger partial charge in [0.25, 0.3) is 0 Å². The van der Waals surface area contributed by atoms with E-state index < -0.39 is 15.9 Å². The molecule has 8 nitrogen and oxygen atoms in total. The fourth-order valence-electron chi connectivity index (χ4n) is 2.90. The average molecular weight is 383 g/mol. The molecule has 0 radical (unpaired) electrons. The van der Waals surface area contributed by atoms with E-state index in [9.17, 15) is 18.0 Å². The number of anilines is 1. The second-order valence-corrected chi connectivity index (χ2v) is 8.03. The highest BCUT2D eigenvalue weighted by Gasteiger charge is 2.36. The lowest BCUT2D eigenvalue weighted by atomic mass is 10.1. The van der Waals surface area contributed by atoms with Gasteiger partial charge in [-0.05, 0) is 31.2 Å². The maximum atomic E-state index is 12.4. The van der Waals surface area contributed by atoms with E-state index in [1.54, 1.807) is 18.9 Å². The predicted molar refractivity (Wildman–Crippen MR) is 97.1 cm³/mol. The molecule has 1 aromatic rings. The summed E-state index contributed by atoms with van der Waals surface area (Å²) in [6.07, 6.45) is 0.159. The topological polar surface area (TPSA) is 105 Å². The summed E-state index contributed by atoms with van der Waals surface area (Å²) in [7, 11) is -1.96. The SMILES string of the molecule is CCNS(=O)(=O)c1ccc(NC(=O)[C@@H]2CC(=O)N([C@@H](C)COC)C2)cc1. The van der Waals surface area contributed by atoms with E-state index in [4.69, 9.17) is 4.74 Å². The van der Waals surface area contributed by atoms with E-state index in [1.807, 2.05) is 6.92 Å². The van der Waals surface area contributed by atoms with Crippen LogP contribution in [0.4, 0.5) is 5.69 Å². The molecule has 1 aromatic carbocycles. The molecule has 9 heteroatoms. The number of nitrogens with zero attached hydrogens (tertiary/aromatic N) is 1. The molecule has 2 atom stereocenters. The number of benzene rings is 1. The van der Waals surface area contributed by atoms with Crippen LogP contribution >= 0.6 is 0 Å². The second kappa shape index (κ2) is 8.61. The Labute approximate surface area is 153 Å². The first-order chi connectivity index (χ1) is 12.3. The predicted octanol–water partition coefficient (Wildman–Crippen LogP) is 0.807. The molecule has 1 saturated heterocycles. The lowest BCUT2D eigenvalue weighted by Gasteiger charge is -2.23. The molecule has 0 saturated carbocycles. The second-order valence-electron chi connectivity index (χ2n) is 6.27. The quantitative estimate of drug-likeness (QED) is 0.691. The number of nitrogens with one attached hydrogen (secondary N) is 2. The summed E-state index contributed by atoms with van der Waals surface area (Å²) in [5, 5.41) is 2.74. The Balaban J connectivity index is 1.99. The summed E-state index contributed by atoms with van der Waals surface area (Å²) in [6, 6.07) is 5.84. The van der Waals surface area contributed by atoms with Gasteiger partial charge in [-0.25, -0.2) is 13.1 Å².